The molecule has 7 nitrogen and oxygen atoms in total. The van der Waals surface area contributed by atoms with Gasteiger partial charge in [0.05, 0.1) is 31.0 Å². The minimum Gasteiger partial charge on any atom is -0.507 e. The highest BCUT2D eigenvalue weighted by Gasteiger charge is 2.47. The minimum atomic E-state index is -0.783. The number of hydrogen-bond donors (Lipinski definition) is 1. The van der Waals surface area contributed by atoms with Crippen LogP contribution in [-0.4, -0.2) is 44.1 Å². The lowest BCUT2D eigenvalue weighted by molar-refractivity contribution is -0.132. The summed E-state index contributed by atoms with van der Waals surface area (Å²) in [6.45, 7) is 3.21. The van der Waals surface area contributed by atoms with E-state index in [-0.39, 0.29) is 11.3 Å². The predicted molar refractivity (Wildman–Crippen MR) is 134 cm³/mol. The maximum absolute atomic E-state index is 13.4. The molecule has 0 bridgehead atoms. The molecule has 3 aromatic rings. The molecule has 7 heteroatoms. The lowest BCUT2D eigenvalue weighted by Crippen LogP contribution is -2.29. The smallest absolute Gasteiger partial charge is 0.300 e. The molecule has 1 amide bonds. The number of amides is 1. The monoisotopic (exact) mass is 470 g/mol. The van der Waals surface area contributed by atoms with Gasteiger partial charge in [-0.3, -0.25) is 14.5 Å². The van der Waals surface area contributed by atoms with E-state index >= 15 is 0 Å². The zero-order chi connectivity index (χ0) is 24.7. The predicted octanol–water partition coefficient (Wildman–Crippen LogP) is 4.46. The van der Waals surface area contributed by atoms with E-state index in [4.69, 9.17) is 9.47 Å². The minimum absolute atomic E-state index is 0.0550. The first-order valence-electron chi connectivity index (χ1n) is 11.4. The summed E-state index contributed by atoms with van der Waals surface area (Å²) < 4.78 is 11.0. The standard InChI is InChI=1S/C28H26N2O5/c1-17-6-4-5-7-21(17)25-24(26(31)18-8-13-23-22(16-18)29(2)14-15-35-23)27(32)28(33)30(25)19-9-11-20(34-3)12-10-19/h4-13,16,25,31H,14-15H2,1-3H3/b26-24+. The number of carbonyl (C=O) groups excluding carboxylic acids is 2. The van der Waals surface area contributed by atoms with Crippen molar-refractivity contribution in [2.75, 3.05) is 37.1 Å². The van der Waals surface area contributed by atoms with Crippen LogP contribution in [0.25, 0.3) is 5.76 Å². The first-order chi connectivity index (χ1) is 16.9. The lowest BCUT2D eigenvalue weighted by Gasteiger charge is -2.28. The van der Waals surface area contributed by atoms with Crippen molar-refractivity contribution in [1.82, 2.24) is 0 Å². The van der Waals surface area contributed by atoms with Gasteiger partial charge in [0.15, 0.2) is 0 Å². The number of likely N-dealkylation sites (N-methyl/N-ethyl adjacent to an activating group) is 1. The van der Waals surface area contributed by atoms with Crippen LogP contribution in [0.2, 0.25) is 0 Å². The second-order valence-corrected chi connectivity index (χ2v) is 8.68. The van der Waals surface area contributed by atoms with Gasteiger partial charge in [-0.2, -0.15) is 0 Å². The molecule has 0 saturated carbocycles. The summed E-state index contributed by atoms with van der Waals surface area (Å²) >= 11 is 0. The average Bonchev–Trinajstić information content (AvgIpc) is 3.14. The van der Waals surface area contributed by atoms with E-state index in [9.17, 15) is 14.7 Å². The number of hydrogen-bond acceptors (Lipinski definition) is 6. The van der Waals surface area contributed by atoms with Crippen LogP contribution in [0.3, 0.4) is 0 Å². The van der Waals surface area contributed by atoms with Crippen LogP contribution in [0.4, 0.5) is 11.4 Å². The maximum Gasteiger partial charge on any atom is 0.300 e. The van der Waals surface area contributed by atoms with E-state index in [1.54, 1.807) is 49.6 Å². The Morgan fingerprint density at radius 1 is 1.06 bits per heavy atom. The van der Waals surface area contributed by atoms with Gasteiger partial charge >= 0.3 is 0 Å². The highest BCUT2D eigenvalue weighted by molar-refractivity contribution is 6.51. The number of aryl methyl sites for hydroxylation is 1. The fourth-order valence-electron chi connectivity index (χ4n) is 4.68. The third-order valence-corrected chi connectivity index (χ3v) is 6.61. The highest BCUT2D eigenvalue weighted by atomic mass is 16.5. The van der Waals surface area contributed by atoms with Gasteiger partial charge in [0.1, 0.15) is 23.9 Å². The normalized spacial score (nSPS) is 18.9. The molecule has 0 radical (unpaired) electrons. The van der Waals surface area contributed by atoms with Crippen molar-refractivity contribution >= 4 is 28.8 Å². The molecule has 3 aromatic carbocycles. The molecule has 0 aromatic heterocycles. The van der Waals surface area contributed by atoms with E-state index in [1.807, 2.05) is 43.1 Å². The van der Waals surface area contributed by atoms with Gasteiger partial charge in [0.2, 0.25) is 0 Å². The Kier molecular flexibility index (Phi) is 5.68. The van der Waals surface area contributed by atoms with Crippen molar-refractivity contribution in [3.63, 3.8) is 0 Å². The van der Waals surface area contributed by atoms with Gasteiger partial charge in [-0.1, -0.05) is 24.3 Å². The second kappa shape index (κ2) is 8.83. The number of aliphatic hydroxyl groups excluding tert-OH is 1. The van der Waals surface area contributed by atoms with Gasteiger partial charge in [0, 0.05) is 18.3 Å². The summed E-state index contributed by atoms with van der Waals surface area (Å²) in [7, 11) is 3.51. The van der Waals surface area contributed by atoms with Crippen molar-refractivity contribution in [2.24, 2.45) is 0 Å². The number of nitrogens with zero attached hydrogens (tertiary/aromatic N) is 2. The summed E-state index contributed by atoms with van der Waals surface area (Å²) in [4.78, 5) is 30.2. The zero-order valence-electron chi connectivity index (χ0n) is 19.8. The first kappa shape index (κ1) is 22.5. The molecule has 0 spiro atoms. The fraction of sp³-hybridized carbons (Fsp3) is 0.214. The molecule has 35 heavy (non-hydrogen) atoms. The van der Waals surface area contributed by atoms with Crippen molar-refractivity contribution < 1.29 is 24.2 Å². The fourth-order valence-corrected chi connectivity index (χ4v) is 4.68. The Morgan fingerprint density at radius 3 is 2.51 bits per heavy atom. The number of benzene rings is 3. The van der Waals surface area contributed by atoms with Crippen LogP contribution in [0, 0.1) is 6.92 Å². The van der Waals surface area contributed by atoms with Gasteiger partial charge in [-0.05, 0) is 60.5 Å². The number of aliphatic hydroxyl groups is 1. The third-order valence-electron chi connectivity index (χ3n) is 6.61. The van der Waals surface area contributed by atoms with Gasteiger partial charge < -0.3 is 19.5 Å². The number of Topliss-reactive ketones (excluding diaryl/α,β-unsaturated/α-hetero) is 1. The Bertz CT molecular complexity index is 1350. The SMILES string of the molecule is COc1ccc(N2C(=O)C(=O)/C(=C(/O)c3ccc4c(c3)N(C)CCO4)C2c2ccccc2C)cc1. The second-order valence-electron chi connectivity index (χ2n) is 8.68. The molecule has 5 rings (SSSR count). The Labute approximate surface area is 203 Å². The van der Waals surface area contributed by atoms with E-state index in [1.165, 1.54) is 4.90 Å². The molecule has 1 fully saturated rings. The summed E-state index contributed by atoms with van der Waals surface area (Å²) in [6.07, 6.45) is 0. The highest BCUT2D eigenvalue weighted by Crippen LogP contribution is 2.44. The van der Waals surface area contributed by atoms with Crippen molar-refractivity contribution in [3.8, 4) is 11.5 Å². The van der Waals surface area contributed by atoms with Crippen LogP contribution >= 0.6 is 0 Å². The number of rotatable bonds is 4. The molecule has 1 saturated heterocycles. The Hall–Kier alpha value is -4.26. The number of ketones is 1. The maximum atomic E-state index is 13.4. The van der Waals surface area contributed by atoms with Gasteiger partial charge in [-0.25, -0.2) is 0 Å². The van der Waals surface area contributed by atoms with Crippen LogP contribution in [-0.2, 0) is 9.59 Å². The summed E-state index contributed by atoms with van der Waals surface area (Å²) in [5.74, 6) is -0.283. The van der Waals surface area contributed by atoms with Crippen LogP contribution in [0.15, 0.2) is 72.3 Å². The molecule has 2 aliphatic heterocycles. The first-order valence-corrected chi connectivity index (χ1v) is 11.4. The van der Waals surface area contributed by atoms with Crippen LogP contribution in [0.5, 0.6) is 11.5 Å². The van der Waals surface area contributed by atoms with E-state index < -0.39 is 17.7 Å². The molecule has 2 aliphatic rings. The number of fused-ring (bicyclic) bond motifs is 1. The molecule has 0 aliphatic carbocycles. The summed E-state index contributed by atoms with van der Waals surface area (Å²) in [6, 6.07) is 19.0. The summed E-state index contributed by atoms with van der Waals surface area (Å²) in [5, 5.41) is 11.5. The number of anilines is 2. The van der Waals surface area contributed by atoms with Crippen molar-refractivity contribution in [1.29, 1.82) is 0 Å². The lowest BCUT2D eigenvalue weighted by atomic mass is 9.92. The van der Waals surface area contributed by atoms with E-state index in [0.29, 0.717) is 35.9 Å². The Morgan fingerprint density at radius 2 is 1.80 bits per heavy atom. The number of ether oxygens (including phenoxy) is 2. The molecule has 1 atom stereocenters. The zero-order valence-corrected chi connectivity index (χ0v) is 19.8. The molecular weight excluding hydrogens is 444 g/mol. The largest absolute Gasteiger partial charge is 0.507 e. The van der Waals surface area contributed by atoms with Crippen LogP contribution in [0.1, 0.15) is 22.7 Å². The van der Waals surface area contributed by atoms with Crippen molar-refractivity contribution in [3.05, 3.63) is 89.0 Å². The molecule has 178 valence electrons. The molecular formula is C28H26N2O5. The van der Waals surface area contributed by atoms with Gasteiger partial charge in [-0.15, -0.1) is 0 Å². The summed E-state index contributed by atoms with van der Waals surface area (Å²) in [5.41, 5.74) is 3.53. The number of methoxy groups -OCH3 is 1. The van der Waals surface area contributed by atoms with E-state index in [0.717, 1.165) is 16.8 Å². The topological polar surface area (TPSA) is 79.3 Å². The molecule has 2 heterocycles. The molecule has 1 unspecified atom stereocenters. The third kappa shape index (κ3) is 3.79. The molecule has 1 N–H and O–H groups in total. The number of carbonyl (C=O) groups is 2. The van der Waals surface area contributed by atoms with Crippen molar-refractivity contribution in [2.45, 2.75) is 13.0 Å². The van der Waals surface area contributed by atoms with Crippen LogP contribution < -0.4 is 19.3 Å². The Balaban J connectivity index is 1.70. The average molecular weight is 471 g/mol. The van der Waals surface area contributed by atoms with E-state index in [2.05, 4.69) is 0 Å². The quantitative estimate of drug-likeness (QED) is 0.345. The van der Waals surface area contributed by atoms with Gasteiger partial charge in [0.25, 0.3) is 11.7 Å².